The Labute approximate surface area is 128 Å². The average molecular weight is 308 g/mol. The normalized spacial score (nSPS) is 16.2. The van der Waals surface area contributed by atoms with Crippen LogP contribution < -0.4 is 0 Å². The molecule has 0 atom stereocenters. The molecule has 1 aliphatic heterocycles. The Balaban J connectivity index is 2.02. The van der Waals surface area contributed by atoms with Crippen molar-refractivity contribution in [3.8, 4) is 0 Å². The Hall–Kier alpha value is -2.24. The largest absolute Gasteiger partial charge is 0.341 e. The average Bonchev–Trinajstić information content (AvgIpc) is 2.65. The Morgan fingerprint density at radius 1 is 1.18 bits per heavy atom. The summed E-state index contributed by atoms with van der Waals surface area (Å²) < 4.78 is 26.1. The highest BCUT2D eigenvalue weighted by atomic mass is 19.1. The summed E-state index contributed by atoms with van der Waals surface area (Å²) in [5.74, 6) is -1.61. The Kier molecular flexibility index (Phi) is 5.25. The van der Waals surface area contributed by atoms with E-state index in [2.05, 4.69) is 0 Å². The topological polar surface area (TPSA) is 40.6 Å². The van der Waals surface area contributed by atoms with Crippen molar-refractivity contribution in [3.63, 3.8) is 0 Å². The molecule has 0 aliphatic carbocycles. The van der Waals surface area contributed by atoms with Crippen LogP contribution in [0.15, 0.2) is 24.3 Å². The SMILES string of the molecule is CCN1CCN(C(=O)/C=C/c2cc(F)cc(F)c2)CCC1=O. The quantitative estimate of drug-likeness (QED) is 0.802. The van der Waals surface area contributed by atoms with Gasteiger partial charge in [-0.15, -0.1) is 0 Å². The summed E-state index contributed by atoms with van der Waals surface area (Å²) in [5.41, 5.74) is 0.284. The van der Waals surface area contributed by atoms with Crippen molar-refractivity contribution in [2.75, 3.05) is 26.2 Å². The van der Waals surface area contributed by atoms with Gasteiger partial charge in [-0.1, -0.05) is 0 Å². The lowest BCUT2D eigenvalue weighted by molar-refractivity contribution is -0.130. The Morgan fingerprint density at radius 2 is 1.86 bits per heavy atom. The van der Waals surface area contributed by atoms with Gasteiger partial charge in [0.15, 0.2) is 0 Å². The first-order valence-corrected chi connectivity index (χ1v) is 7.20. The van der Waals surface area contributed by atoms with Crippen molar-refractivity contribution in [2.24, 2.45) is 0 Å². The maximum atomic E-state index is 13.1. The van der Waals surface area contributed by atoms with Crippen LogP contribution in [0.1, 0.15) is 18.9 Å². The van der Waals surface area contributed by atoms with Crippen molar-refractivity contribution in [2.45, 2.75) is 13.3 Å². The van der Waals surface area contributed by atoms with Gasteiger partial charge in [0.05, 0.1) is 0 Å². The predicted octanol–water partition coefficient (Wildman–Crippen LogP) is 2.06. The first-order valence-electron chi connectivity index (χ1n) is 7.20. The number of rotatable bonds is 3. The standard InChI is InChI=1S/C16H18F2N2O2/c1-2-19-7-8-20(6-5-16(19)22)15(21)4-3-12-9-13(17)11-14(18)10-12/h3-4,9-11H,2,5-8H2,1H3/b4-3+. The number of carbonyl (C=O) groups is 2. The van der Waals surface area contributed by atoms with Crippen LogP contribution in [-0.4, -0.2) is 47.8 Å². The molecule has 0 unspecified atom stereocenters. The fourth-order valence-corrected chi connectivity index (χ4v) is 2.37. The minimum Gasteiger partial charge on any atom is -0.341 e. The summed E-state index contributed by atoms with van der Waals surface area (Å²) >= 11 is 0. The zero-order valence-corrected chi connectivity index (χ0v) is 12.4. The fraction of sp³-hybridized carbons (Fsp3) is 0.375. The minimum absolute atomic E-state index is 0.0361. The number of hydrogen-bond acceptors (Lipinski definition) is 2. The molecule has 22 heavy (non-hydrogen) atoms. The van der Waals surface area contributed by atoms with Crippen molar-refractivity contribution in [1.82, 2.24) is 9.80 Å². The second kappa shape index (κ2) is 7.15. The summed E-state index contributed by atoms with van der Waals surface area (Å²) in [6.07, 6.45) is 2.95. The molecule has 118 valence electrons. The van der Waals surface area contributed by atoms with Crippen molar-refractivity contribution in [1.29, 1.82) is 0 Å². The second-order valence-electron chi connectivity index (χ2n) is 5.08. The van der Waals surface area contributed by atoms with Gasteiger partial charge in [0, 0.05) is 44.7 Å². The van der Waals surface area contributed by atoms with Gasteiger partial charge in [-0.3, -0.25) is 9.59 Å². The van der Waals surface area contributed by atoms with E-state index in [-0.39, 0.29) is 17.4 Å². The van der Waals surface area contributed by atoms with Crippen LogP contribution in [0.3, 0.4) is 0 Å². The van der Waals surface area contributed by atoms with Crippen molar-refractivity contribution < 1.29 is 18.4 Å². The summed E-state index contributed by atoms with van der Waals surface area (Å²) in [7, 11) is 0. The summed E-state index contributed by atoms with van der Waals surface area (Å²) in [5, 5.41) is 0. The van der Waals surface area contributed by atoms with Gasteiger partial charge in [-0.2, -0.15) is 0 Å². The molecule has 1 aliphatic rings. The van der Waals surface area contributed by atoms with Gasteiger partial charge in [0.2, 0.25) is 11.8 Å². The first-order chi connectivity index (χ1) is 10.5. The molecule has 1 fully saturated rings. The number of likely N-dealkylation sites (N-methyl/N-ethyl adjacent to an activating group) is 1. The lowest BCUT2D eigenvalue weighted by Crippen LogP contribution is -2.35. The number of carbonyl (C=O) groups excluding carboxylic acids is 2. The smallest absolute Gasteiger partial charge is 0.246 e. The number of nitrogens with zero attached hydrogens (tertiary/aromatic N) is 2. The zero-order chi connectivity index (χ0) is 16.1. The molecule has 2 rings (SSSR count). The molecule has 1 aromatic rings. The molecule has 0 saturated carbocycles. The van der Waals surface area contributed by atoms with Crippen molar-refractivity contribution >= 4 is 17.9 Å². The van der Waals surface area contributed by atoms with E-state index in [0.717, 1.165) is 18.2 Å². The molecule has 0 radical (unpaired) electrons. The number of amides is 2. The molecule has 2 amide bonds. The Morgan fingerprint density at radius 3 is 2.50 bits per heavy atom. The van der Waals surface area contributed by atoms with Gasteiger partial charge in [-0.05, 0) is 30.7 Å². The van der Waals surface area contributed by atoms with Crippen LogP contribution in [0.5, 0.6) is 0 Å². The van der Waals surface area contributed by atoms with E-state index < -0.39 is 11.6 Å². The van der Waals surface area contributed by atoms with Gasteiger partial charge in [0.25, 0.3) is 0 Å². The molecular formula is C16H18F2N2O2. The lowest BCUT2D eigenvalue weighted by atomic mass is 10.2. The maximum Gasteiger partial charge on any atom is 0.246 e. The van der Waals surface area contributed by atoms with Crippen LogP contribution in [0.2, 0.25) is 0 Å². The monoisotopic (exact) mass is 308 g/mol. The highest BCUT2D eigenvalue weighted by molar-refractivity contribution is 5.92. The van der Waals surface area contributed by atoms with E-state index in [0.29, 0.717) is 32.6 Å². The van der Waals surface area contributed by atoms with Gasteiger partial charge in [-0.25, -0.2) is 8.78 Å². The number of halogens is 2. The third-order valence-electron chi connectivity index (χ3n) is 3.58. The molecule has 0 bridgehead atoms. The molecule has 1 aromatic carbocycles. The van der Waals surface area contributed by atoms with E-state index in [4.69, 9.17) is 0 Å². The van der Waals surface area contributed by atoms with E-state index in [1.165, 1.54) is 12.2 Å². The van der Waals surface area contributed by atoms with E-state index in [1.807, 2.05) is 6.92 Å². The number of benzene rings is 1. The molecule has 4 nitrogen and oxygen atoms in total. The maximum absolute atomic E-state index is 13.1. The van der Waals surface area contributed by atoms with Crippen molar-refractivity contribution in [3.05, 3.63) is 41.5 Å². The minimum atomic E-state index is -0.689. The summed E-state index contributed by atoms with van der Waals surface area (Å²) in [6.45, 7) is 3.84. The molecule has 0 aromatic heterocycles. The van der Waals surface area contributed by atoms with Gasteiger partial charge < -0.3 is 9.80 Å². The molecule has 1 heterocycles. The number of hydrogen-bond donors (Lipinski definition) is 0. The van der Waals surface area contributed by atoms with Crippen LogP contribution in [0.4, 0.5) is 8.78 Å². The molecular weight excluding hydrogens is 290 g/mol. The second-order valence-corrected chi connectivity index (χ2v) is 5.08. The molecule has 0 N–H and O–H groups in total. The van der Waals surface area contributed by atoms with Gasteiger partial charge >= 0.3 is 0 Å². The third-order valence-corrected chi connectivity index (χ3v) is 3.58. The highest BCUT2D eigenvalue weighted by Crippen LogP contribution is 2.11. The summed E-state index contributed by atoms with van der Waals surface area (Å²) in [6, 6.07) is 3.08. The van der Waals surface area contributed by atoms with Gasteiger partial charge in [0.1, 0.15) is 11.6 Å². The third kappa shape index (κ3) is 4.13. The summed E-state index contributed by atoms with van der Waals surface area (Å²) in [4.78, 5) is 27.1. The van der Waals surface area contributed by atoms with E-state index >= 15 is 0 Å². The van der Waals surface area contributed by atoms with Crippen LogP contribution in [-0.2, 0) is 9.59 Å². The Bertz CT molecular complexity index is 582. The van der Waals surface area contributed by atoms with Crippen LogP contribution >= 0.6 is 0 Å². The molecule has 1 saturated heterocycles. The highest BCUT2D eigenvalue weighted by Gasteiger charge is 2.21. The molecule has 6 heteroatoms. The fourth-order valence-electron chi connectivity index (χ4n) is 2.37. The van der Waals surface area contributed by atoms with E-state index in [9.17, 15) is 18.4 Å². The van der Waals surface area contributed by atoms with Crippen LogP contribution in [0.25, 0.3) is 6.08 Å². The first kappa shape index (κ1) is 16.1. The van der Waals surface area contributed by atoms with Crippen LogP contribution in [0, 0.1) is 11.6 Å². The predicted molar refractivity (Wildman–Crippen MR) is 78.8 cm³/mol. The zero-order valence-electron chi connectivity index (χ0n) is 12.4. The molecule has 0 spiro atoms. The lowest BCUT2D eigenvalue weighted by Gasteiger charge is -2.20. The van der Waals surface area contributed by atoms with E-state index in [1.54, 1.807) is 9.80 Å².